The minimum Gasteiger partial charge on any atom is -0.320 e. The van der Waals surface area contributed by atoms with E-state index in [1.807, 2.05) is 0 Å². The van der Waals surface area contributed by atoms with Gasteiger partial charge in [0.25, 0.3) is 5.91 Å². The van der Waals surface area contributed by atoms with Crippen LogP contribution >= 0.6 is 23.2 Å². The van der Waals surface area contributed by atoms with Gasteiger partial charge in [0.05, 0.1) is 16.3 Å². The number of benzene rings is 1. The van der Waals surface area contributed by atoms with E-state index >= 15 is 0 Å². The molecule has 0 saturated carbocycles. The Balaban J connectivity index is 2.21. The van der Waals surface area contributed by atoms with E-state index in [0.717, 1.165) is 0 Å². The van der Waals surface area contributed by atoms with Crippen LogP contribution in [0.15, 0.2) is 30.6 Å². The first-order valence-electron chi connectivity index (χ1n) is 5.11. The SMILES string of the molecule is Cc1ncc(C(=O)Nc2cc(Cl)ccc2Cl)cn1. The van der Waals surface area contributed by atoms with E-state index in [1.165, 1.54) is 12.4 Å². The van der Waals surface area contributed by atoms with Crippen molar-refractivity contribution in [2.45, 2.75) is 6.92 Å². The summed E-state index contributed by atoms with van der Waals surface area (Å²) in [6.07, 6.45) is 2.91. The second kappa shape index (κ2) is 5.33. The van der Waals surface area contributed by atoms with Gasteiger partial charge >= 0.3 is 0 Å². The summed E-state index contributed by atoms with van der Waals surface area (Å²) >= 11 is 11.8. The highest BCUT2D eigenvalue weighted by molar-refractivity contribution is 6.35. The molecule has 1 aromatic heterocycles. The zero-order valence-corrected chi connectivity index (χ0v) is 11.0. The number of nitrogens with one attached hydrogen (secondary N) is 1. The Labute approximate surface area is 114 Å². The Bertz CT molecular complexity index is 584. The molecular formula is C12H9Cl2N3O. The van der Waals surface area contributed by atoms with E-state index < -0.39 is 0 Å². The van der Waals surface area contributed by atoms with Crippen molar-refractivity contribution >= 4 is 34.8 Å². The van der Waals surface area contributed by atoms with Gasteiger partial charge in [0.2, 0.25) is 0 Å². The highest BCUT2D eigenvalue weighted by Gasteiger charge is 2.09. The lowest BCUT2D eigenvalue weighted by Gasteiger charge is -2.07. The average Bonchev–Trinajstić information content (AvgIpc) is 2.34. The monoisotopic (exact) mass is 281 g/mol. The molecule has 0 aliphatic carbocycles. The molecule has 92 valence electrons. The van der Waals surface area contributed by atoms with Gasteiger partial charge in [-0.15, -0.1) is 0 Å². The Morgan fingerprint density at radius 2 is 1.89 bits per heavy atom. The fourth-order valence-electron chi connectivity index (χ4n) is 1.30. The third-order valence-corrected chi connectivity index (χ3v) is 2.78. The second-order valence-corrected chi connectivity index (χ2v) is 4.44. The quantitative estimate of drug-likeness (QED) is 0.919. The van der Waals surface area contributed by atoms with E-state index in [2.05, 4.69) is 15.3 Å². The lowest BCUT2D eigenvalue weighted by atomic mass is 10.2. The summed E-state index contributed by atoms with van der Waals surface area (Å²) in [5, 5.41) is 3.56. The third kappa shape index (κ3) is 2.97. The molecule has 1 N–H and O–H groups in total. The van der Waals surface area contributed by atoms with E-state index in [0.29, 0.717) is 27.1 Å². The van der Waals surface area contributed by atoms with Crippen LogP contribution in [0.5, 0.6) is 0 Å². The summed E-state index contributed by atoms with van der Waals surface area (Å²) in [4.78, 5) is 19.8. The van der Waals surface area contributed by atoms with Gasteiger partial charge < -0.3 is 5.32 Å². The molecule has 0 bridgehead atoms. The van der Waals surface area contributed by atoms with Crippen molar-refractivity contribution in [3.8, 4) is 0 Å². The molecule has 0 aliphatic rings. The zero-order chi connectivity index (χ0) is 13.1. The molecule has 0 radical (unpaired) electrons. The van der Waals surface area contributed by atoms with Crippen molar-refractivity contribution in [1.29, 1.82) is 0 Å². The number of amides is 1. The van der Waals surface area contributed by atoms with Gasteiger partial charge in [0.15, 0.2) is 0 Å². The smallest absolute Gasteiger partial charge is 0.258 e. The van der Waals surface area contributed by atoms with Crippen LogP contribution in [0.1, 0.15) is 16.2 Å². The van der Waals surface area contributed by atoms with Crippen molar-refractivity contribution in [2.75, 3.05) is 5.32 Å². The number of halogens is 2. The first-order chi connectivity index (χ1) is 8.56. The molecule has 0 unspecified atom stereocenters. The van der Waals surface area contributed by atoms with Gasteiger partial charge in [-0.2, -0.15) is 0 Å². The van der Waals surface area contributed by atoms with Gasteiger partial charge in [0, 0.05) is 17.4 Å². The number of hydrogen-bond acceptors (Lipinski definition) is 3. The van der Waals surface area contributed by atoms with Crippen LogP contribution in [0.25, 0.3) is 0 Å². The maximum atomic E-state index is 11.9. The molecule has 18 heavy (non-hydrogen) atoms. The fraction of sp³-hybridized carbons (Fsp3) is 0.0833. The molecule has 1 heterocycles. The first-order valence-corrected chi connectivity index (χ1v) is 5.87. The van der Waals surface area contributed by atoms with Gasteiger partial charge in [0.1, 0.15) is 5.82 Å². The van der Waals surface area contributed by atoms with Crippen LogP contribution in [-0.4, -0.2) is 15.9 Å². The van der Waals surface area contributed by atoms with Crippen LogP contribution < -0.4 is 5.32 Å². The van der Waals surface area contributed by atoms with E-state index in [1.54, 1.807) is 25.1 Å². The Kier molecular flexibility index (Phi) is 3.79. The number of aryl methyl sites for hydroxylation is 1. The highest BCUT2D eigenvalue weighted by atomic mass is 35.5. The Morgan fingerprint density at radius 1 is 1.22 bits per heavy atom. The van der Waals surface area contributed by atoms with Crippen LogP contribution in [0.2, 0.25) is 10.0 Å². The topological polar surface area (TPSA) is 54.9 Å². The van der Waals surface area contributed by atoms with E-state index in [9.17, 15) is 4.79 Å². The molecular weight excluding hydrogens is 273 g/mol. The van der Waals surface area contributed by atoms with Gasteiger partial charge in [-0.25, -0.2) is 9.97 Å². The van der Waals surface area contributed by atoms with Crippen LogP contribution in [0.4, 0.5) is 5.69 Å². The van der Waals surface area contributed by atoms with Crippen LogP contribution in [0.3, 0.4) is 0 Å². The zero-order valence-electron chi connectivity index (χ0n) is 9.45. The predicted octanol–water partition coefficient (Wildman–Crippen LogP) is 3.34. The molecule has 0 aliphatic heterocycles. The van der Waals surface area contributed by atoms with Crippen LogP contribution in [-0.2, 0) is 0 Å². The molecule has 6 heteroatoms. The number of carbonyl (C=O) groups is 1. The Morgan fingerprint density at radius 3 is 2.56 bits per heavy atom. The molecule has 0 atom stereocenters. The molecule has 0 fully saturated rings. The lowest BCUT2D eigenvalue weighted by molar-refractivity contribution is 0.102. The highest BCUT2D eigenvalue weighted by Crippen LogP contribution is 2.25. The molecule has 0 spiro atoms. The summed E-state index contributed by atoms with van der Waals surface area (Å²) in [5.74, 6) is 0.270. The first kappa shape index (κ1) is 12.8. The molecule has 1 amide bonds. The van der Waals surface area contributed by atoms with Crippen molar-refractivity contribution in [3.63, 3.8) is 0 Å². The molecule has 4 nitrogen and oxygen atoms in total. The summed E-state index contributed by atoms with van der Waals surface area (Å²) in [7, 11) is 0. The number of carbonyl (C=O) groups excluding carboxylic acids is 1. The van der Waals surface area contributed by atoms with Crippen molar-refractivity contribution < 1.29 is 4.79 Å². The van der Waals surface area contributed by atoms with Gasteiger partial charge in [-0.1, -0.05) is 23.2 Å². The average molecular weight is 282 g/mol. The maximum Gasteiger partial charge on any atom is 0.258 e. The standard InChI is InChI=1S/C12H9Cl2N3O/c1-7-15-5-8(6-16-7)12(18)17-11-4-9(13)2-3-10(11)14/h2-6H,1H3,(H,17,18). The lowest BCUT2D eigenvalue weighted by Crippen LogP contribution is -2.13. The van der Waals surface area contributed by atoms with E-state index in [-0.39, 0.29) is 5.91 Å². The number of nitrogens with zero attached hydrogens (tertiary/aromatic N) is 2. The fourth-order valence-corrected chi connectivity index (χ4v) is 1.63. The molecule has 2 aromatic rings. The molecule has 1 aromatic carbocycles. The number of anilines is 1. The summed E-state index contributed by atoms with van der Waals surface area (Å²) in [6, 6.07) is 4.84. The van der Waals surface area contributed by atoms with Gasteiger partial charge in [-0.3, -0.25) is 4.79 Å². The van der Waals surface area contributed by atoms with E-state index in [4.69, 9.17) is 23.2 Å². The van der Waals surface area contributed by atoms with Crippen LogP contribution in [0, 0.1) is 6.92 Å². The normalized spacial score (nSPS) is 10.2. The minimum absolute atomic E-state index is 0.334. The predicted molar refractivity (Wildman–Crippen MR) is 71.2 cm³/mol. The van der Waals surface area contributed by atoms with Crippen molar-refractivity contribution in [2.24, 2.45) is 0 Å². The van der Waals surface area contributed by atoms with Gasteiger partial charge in [-0.05, 0) is 25.1 Å². The third-order valence-electron chi connectivity index (χ3n) is 2.22. The largest absolute Gasteiger partial charge is 0.320 e. The minimum atomic E-state index is -0.334. The summed E-state index contributed by atoms with van der Waals surface area (Å²) < 4.78 is 0. The number of rotatable bonds is 2. The second-order valence-electron chi connectivity index (χ2n) is 3.60. The van der Waals surface area contributed by atoms with Crippen molar-refractivity contribution in [1.82, 2.24) is 9.97 Å². The number of hydrogen-bond donors (Lipinski definition) is 1. The summed E-state index contributed by atoms with van der Waals surface area (Å²) in [5.41, 5.74) is 0.811. The molecule has 2 rings (SSSR count). The van der Waals surface area contributed by atoms with Crippen molar-refractivity contribution in [3.05, 3.63) is 52.0 Å². The summed E-state index contributed by atoms with van der Waals surface area (Å²) in [6.45, 7) is 1.75. The number of aromatic nitrogens is 2. The molecule has 0 saturated heterocycles. The Hall–Kier alpha value is -1.65. The maximum absolute atomic E-state index is 11.9.